The van der Waals surface area contributed by atoms with Crippen LogP contribution in [0.5, 0.6) is 0 Å². The van der Waals surface area contributed by atoms with Crippen LogP contribution in [-0.4, -0.2) is 23.9 Å². The number of nitrogens with zero attached hydrogens (tertiary/aromatic N) is 1. The van der Waals surface area contributed by atoms with Crippen molar-refractivity contribution < 1.29 is 4.79 Å². The lowest BCUT2D eigenvalue weighted by atomic mass is 10.0. The molecule has 0 aliphatic rings. The molecule has 0 spiro atoms. The maximum Gasteiger partial charge on any atom is 0.226 e. The third-order valence-corrected chi connectivity index (χ3v) is 3.42. The number of amides is 1. The van der Waals surface area contributed by atoms with Crippen LogP contribution in [0.15, 0.2) is 28.7 Å². The quantitative estimate of drug-likeness (QED) is 0.928. The van der Waals surface area contributed by atoms with Gasteiger partial charge in [0.25, 0.3) is 0 Å². The molecule has 17 heavy (non-hydrogen) atoms. The van der Waals surface area contributed by atoms with Crippen LogP contribution in [0.1, 0.15) is 19.4 Å². The third kappa shape index (κ3) is 4.13. The predicted molar refractivity (Wildman–Crippen MR) is 73.4 cm³/mol. The van der Waals surface area contributed by atoms with Gasteiger partial charge in [0.15, 0.2) is 0 Å². The van der Waals surface area contributed by atoms with E-state index in [9.17, 15) is 4.79 Å². The molecule has 0 aliphatic carbocycles. The van der Waals surface area contributed by atoms with E-state index in [1.165, 1.54) is 0 Å². The predicted octanol–water partition coefficient (Wildman–Crippen LogP) is 2.39. The first-order valence-electron chi connectivity index (χ1n) is 5.67. The smallest absolute Gasteiger partial charge is 0.226 e. The normalized spacial score (nSPS) is 14.2. The molecule has 3 nitrogen and oxygen atoms in total. The van der Waals surface area contributed by atoms with Gasteiger partial charge in [-0.3, -0.25) is 4.79 Å². The van der Waals surface area contributed by atoms with E-state index < -0.39 is 0 Å². The van der Waals surface area contributed by atoms with Crippen LogP contribution in [0, 0.1) is 5.92 Å². The first kappa shape index (κ1) is 14.2. The van der Waals surface area contributed by atoms with Crippen LogP contribution in [0.4, 0.5) is 0 Å². The number of hydrogen-bond donors (Lipinski definition) is 1. The largest absolute Gasteiger partial charge is 0.341 e. The molecular weight excluding hydrogens is 280 g/mol. The summed E-state index contributed by atoms with van der Waals surface area (Å²) in [5, 5.41) is 0. The molecule has 1 aromatic carbocycles. The van der Waals surface area contributed by atoms with E-state index in [4.69, 9.17) is 5.73 Å². The minimum Gasteiger partial charge on any atom is -0.341 e. The number of nitrogens with two attached hydrogens (primary N) is 1. The van der Waals surface area contributed by atoms with Gasteiger partial charge in [0.1, 0.15) is 0 Å². The molecular formula is C13H19BrN2O. The highest BCUT2D eigenvalue weighted by Crippen LogP contribution is 2.13. The molecule has 0 bridgehead atoms. The first-order chi connectivity index (χ1) is 7.91. The zero-order valence-electron chi connectivity index (χ0n) is 10.5. The highest BCUT2D eigenvalue weighted by molar-refractivity contribution is 9.10. The Balaban J connectivity index is 2.63. The fraction of sp³-hybridized carbons (Fsp3) is 0.462. The average Bonchev–Trinajstić information content (AvgIpc) is 2.30. The summed E-state index contributed by atoms with van der Waals surface area (Å²) in [6.07, 6.45) is 0. The summed E-state index contributed by atoms with van der Waals surface area (Å²) >= 11 is 3.39. The number of carbonyl (C=O) groups excluding carboxylic acids is 1. The van der Waals surface area contributed by atoms with Crippen LogP contribution >= 0.6 is 15.9 Å². The molecule has 1 rings (SSSR count). The summed E-state index contributed by atoms with van der Waals surface area (Å²) in [5.41, 5.74) is 6.85. The maximum absolute atomic E-state index is 12.0. The molecule has 0 aromatic heterocycles. The lowest BCUT2D eigenvalue weighted by Crippen LogP contribution is -2.39. The van der Waals surface area contributed by atoms with Crippen LogP contribution in [-0.2, 0) is 11.3 Å². The molecule has 1 aromatic rings. The monoisotopic (exact) mass is 298 g/mol. The molecule has 2 atom stereocenters. The van der Waals surface area contributed by atoms with Gasteiger partial charge in [-0.25, -0.2) is 0 Å². The van der Waals surface area contributed by atoms with Crippen molar-refractivity contribution in [3.63, 3.8) is 0 Å². The molecule has 0 aliphatic heterocycles. The van der Waals surface area contributed by atoms with Gasteiger partial charge >= 0.3 is 0 Å². The Labute approximate surface area is 111 Å². The summed E-state index contributed by atoms with van der Waals surface area (Å²) in [6.45, 7) is 4.34. The minimum absolute atomic E-state index is 0.0860. The van der Waals surface area contributed by atoms with Crippen molar-refractivity contribution in [1.29, 1.82) is 0 Å². The molecule has 94 valence electrons. The molecule has 0 saturated heterocycles. The van der Waals surface area contributed by atoms with E-state index in [2.05, 4.69) is 15.9 Å². The summed E-state index contributed by atoms with van der Waals surface area (Å²) in [4.78, 5) is 13.7. The van der Waals surface area contributed by atoms with Crippen molar-refractivity contribution in [3.8, 4) is 0 Å². The second-order valence-corrected chi connectivity index (χ2v) is 5.38. The van der Waals surface area contributed by atoms with Crippen LogP contribution in [0.25, 0.3) is 0 Å². The fourth-order valence-electron chi connectivity index (χ4n) is 1.51. The number of halogens is 1. The van der Waals surface area contributed by atoms with E-state index in [1.54, 1.807) is 4.90 Å². The van der Waals surface area contributed by atoms with Gasteiger partial charge in [0.05, 0.1) is 5.92 Å². The number of benzene rings is 1. The minimum atomic E-state index is -0.143. The lowest BCUT2D eigenvalue weighted by Gasteiger charge is -2.23. The summed E-state index contributed by atoms with van der Waals surface area (Å²) in [6, 6.07) is 7.84. The maximum atomic E-state index is 12.0. The van der Waals surface area contributed by atoms with Crippen molar-refractivity contribution in [2.45, 2.75) is 26.4 Å². The van der Waals surface area contributed by atoms with Gasteiger partial charge in [-0.15, -0.1) is 0 Å². The van der Waals surface area contributed by atoms with Gasteiger partial charge in [-0.2, -0.15) is 0 Å². The zero-order valence-corrected chi connectivity index (χ0v) is 12.1. The second-order valence-electron chi connectivity index (χ2n) is 4.47. The molecule has 2 N–H and O–H groups in total. The van der Waals surface area contributed by atoms with Crippen LogP contribution in [0.2, 0.25) is 0 Å². The summed E-state index contributed by atoms with van der Waals surface area (Å²) < 4.78 is 1.04. The molecule has 1 amide bonds. The highest BCUT2D eigenvalue weighted by atomic mass is 79.9. The van der Waals surface area contributed by atoms with E-state index in [1.807, 2.05) is 45.2 Å². The Hall–Kier alpha value is -0.870. The van der Waals surface area contributed by atoms with Crippen molar-refractivity contribution in [2.75, 3.05) is 7.05 Å². The van der Waals surface area contributed by atoms with Gasteiger partial charge in [-0.1, -0.05) is 35.0 Å². The van der Waals surface area contributed by atoms with Gasteiger partial charge < -0.3 is 10.6 Å². The highest BCUT2D eigenvalue weighted by Gasteiger charge is 2.20. The average molecular weight is 299 g/mol. The Morgan fingerprint density at radius 1 is 1.35 bits per heavy atom. The van der Waals surface area contributed by atoms with E-state index in [-0.39, 0.29) is 17.9 Å². The van der Waals surface area contributed by atoms with Crippen molar-refractivity contribution in [2.24, 2.45) is 11.7 Å². The lowest BCUT2D eigenvalue weighted by molar-refractivity contribution is -0.134. The first-order valence-corrected chi connectivity index (χ1v) is 6.46. The number of hydrogen-bond acceptors (Lipinski definition) is 2. The molecule has 0 fully saturated rings. The SMILES string of the molecule is CC(N)C(C)C(=O)N(C)Cc1ccc(Br)cc1. The van der Waals surface area contributed by atoms with E-state index in [0.29, 0.717) is 6.54 Å². The van der Waals surface area contributed by atoms with Crippen molar-refractivity contribution in [3.05, 3.63) is 34.3 Å². The summed E-state index contributed by atoms with van der Waals surface area (Å²) in [7, 11) is 1.81. The molecule has 2 unspecified atom stereocenters. The standard InChI is InChI=1S/C13H19BrN2O/c1-9(10(2)15)13(17)16(3)8-11-4-6-12(14)7-5-11/h4-7,9-10H,8,15H2,1-3H3. The van der Waals surface area contributed by atoms with Gasteiger partial charge in [-0.05, 0) is 24.6 Å². The molecule has 0 saturated carbocycles. The van der Waals surface area contributed by atoms with Gasteiger partial charge in [0, 0.05) is 24.1 Å². The topological polar surface area (TPSA) is 46.3 Å². The molecule has 0 radical (unpaired) electrons. The van der Waals surface area contributed by atoms with Crippen molar-refractivity contribution in [1.82, 2.24) is 4.90 Å². The van der Waals surface area contributed by atoms with Crippen LogP contribution in [0.3, 0.4) is 0 Å². The van der Waals surface area contributed by atoms with E-state index in [0.717, 1.165) is 10.0 Å². The summed E-state index contributed by atoms with van der Waals surface area (Å²) in [5.74, 6) is -0.0571. The Bertz CT molecular complexity index is 376. The molecule has 4 heteroatoms. The number of carbonyl (C=O) groups is 1. The second kappa shape index (κ2) is 6.17. The zero-order chi connectivity index (χ0) is 13.0. The third-order valence-electron chi connectivity index (χ3n) is 2.89. The number of rotatable bonds is 4. The molecule has 0 heterocycles. The fourth-order valence-corrected chi connectivity index (χ4v) is 1.78. The van der Waals surface area contributed by atoms with Gasteiger partial charge in [0.2, 0.25) is 5.91 Å². The Morgan fingerprint density at radius 3 is 2.35 bits per heavy atom. The Kier molecular flexibility index (Phi) is 5.15. The van der Waals surface area contributed by atoms with Crippen LogP contribution < -0.4 is 5.73 Å². The van der Waals surface area contributed by atoms with E-state index >= 15 is 0 Å². The van der Waals surface area contributed by atoms with Crippen molar-refractivity contribution >= 4 is 21.8 Å². The Morgan fingerprint density at radius 2 is 1.88 bits per heavy atom.